The van der Waals surface area contributed by atoms with Crippen molar-refractivity contribution in [1.29, 1.82) is 0 Å². The van der Waals surface area contributed by atoms with Crippen LogP contribution in [0.25, 0.3) is 10.1 Å². The van der Waals surface area contributed by atoms with Crippen LogP contribution in [0.3, 0.4) is 0 Å². The quantitative estimate of drug-likeness (QED) is 0.764. The van der Waals surface area contributed by atoms with Gasteiger partial charge in [0.1, 0.15) is 11.2 Å². The smallest absolute Gasteiger partial charge is 0.263 e. The van der Waals surface area contributed by atoms with E-state index in [0.717, 1.165) is 15.0 Å². The van der Waals surface area contributed by atoms with Crippen molar-refractivity contribution >= 4 is 27.3 Å². The van der Waals surface area contributed by atoms with Gasteiger partial charge in [0.15, 0.2) is 0 Å². The molecule has 0 saturated carbocycles. The van der Waals surface area contributed by atoms with E-state index >= 15 is 0 Å². The minimum atomic E-state index is -1.21. The maximum absolute atomic E-state index is 12.2. The van der Waals surface area contributed by atoms with Gasteiger partial charge in [0.2, 0.25) is 0 Å². The highest BCUT2D eigenvalue weighted by atomic mass is 32.1. The Bertz CT molecular complexity index is 923. The highest BCUT2D eigenvalue weighted by Gasteiger charge is 2.26. The zero-order chi connectivity index (χ0) is 17.3. The first-order chi connectivity index (χ1) is 11.4. The third kappa shape index (κ3) is 3.11. The van der Waals surface area contributed by atoms with Gasteiger partial charge in [-0.05, 0) is 36.6 Å². The second kappa shape index (κ2) is 6.22. The number of pyridine rings is 1. The molecule has 6 heteroatoms. The van der Waals surface area contributed by atoms with Gasteiger partial charge in [-0.15, -0.1) is 11.3 Å². The molecule has 0 aliphatic rings. The Morgan fingerprint density at radius 2 is 2.04 bits per heavy atom. The van der Waals surface area contributed by atoms with Crippen LogP contribution >= 0.6 is 11.3 Å². The Hall–Kier alpha value is -2.44. The summed E-state index contributed by atoms with van der Waals surface area (Å²) in [7, 11) is 1.59. The minimum Gasteiger partial charge on any atom is -0.383 e. The average Bonchev–Trinajstić information content (AvgIpc) is 3.00. The Morgan fingerprint density at radius 1 is 1.29 bits per heavy atom. The third-order valence-electron chi connectivity index (χ3n) is 3.92. The first-order valence-corrected chi connectivity index (χ1v) is 8.35. The second-order valence-electron chi connectivity index (χ2n) is 5.94. The van der Waals surface area contributed by atoms with Gasteiger partial charge < -0.3 is 15.0 Å². The monoisotopic (exact) mass is 342 g/mol. The van der Waals surface area contributed by atoms with Crippen molar-refractivity contribution in [3.05, 3.63) is 69.5 Å². The molecule has 0 radical (unpaired) electrons. The van der Waals surface area contributed by atoms with Crippen molar-refractivity contribution in [2.45, 2.75) is 12.5 Å². The number of thiophene rings is 1. The van der Waals surface area contributed by atoms with Crippen LogP contribution in [-0.4, -0.2) is 22.1 Å². The molecule has 0 fully saturated rings. The zero-order valence-corrected chi connectivity index (χ0v) is 14.3. The van der Waals surface area contributed by atoms with Crippen molar-refractivity contribution in [3.63, 3.8) is 0 Å². The number of benzene rings is 1. The molecule has 3 rings (SSSR count). The highest BCUT2D eigenvalue weighted by Crippen LogP contribution is 2.32. The molecule has 1 amide bonds. The van der Waals surface area contributed by atoms with E-state index in [9.17, 15) is 14.7 Å². The van der Waals surface area contributed by atoms with Crippen molar-refractivity contribution in [2.24, 2.45) is 7.05 Å². The molecule has 3 aromatic rings. The predicted octanol–water partition coefficient (Wildman–Crippen LogP) is 2.24. The Kier molecular flexibility index (Phi) is 4.26. The lowest BCUT2D eigenvalue weighted by Crippen LogP contribution is -2.40. The lowest BCUT2D eigenvalue weighted by molar-refractivity contribution is 0.0556. The van der Waals surface area contributed by atoms with Crippen molar-refractivity contribution in [2.75, 3.05) is 6.54 Å². The summed E-state index contributed by atoms with van der Waals surface area (Å²) in [5.74, 6) is -0.488. The van der Waals surface area contributed by atoms with Crippen LogP contribution in [0, 0.1) is 0 Å². The summed E-state index contributed by atoms with van der Waals surface area (Å²) in [5, 5.41) is 14.4. The summed E-state index contributed by atoms with van der Waals surface area (Å²) >= 11 is 1.49. The number of aryl methyl sites for hydroxylation is 1. The number of nitrogens with zero attached hydrogens (tertiary/aromatic N) is 1. The van der Waals surface area contributed by atoms with Crippen LogP contribution in [0.2, 0.25) is 0 Å². The van der Waals surface area contributed by atoms with Crippen molar-refractivity contribution < 1.29 is 9.90 Å². The molecule has 1 aromatic carbocycles. The molecule has 1 atom stereocenters. The van der Waals surface area contributed by atoms with E-state index in [1.54, 1.807) is 26.2 Å². The zero-order valence-electron chi connectivity index (χ0n) is 13.4. The van der Waals surface area contributed by atoms with Gasteiger partial charge in [-0.3, -0.25) is 9.59 Å². The van der Waals surface area contributed by atoms with Crippen molar-refractivity contribution in [3.8, 4) is 0 Å². The largest absolute Gasteiger partial charge is 0.383 e. The molecule has 0 aliphatic heterocycles. The third-order valence-corrected chi connectivity index (χ3v) is 5.29. The van der Waals surface area contributed by atoms with E-state index in [-0.39, 0.29) is 17.7 Å². The normalized spacial score (nSPS) is 13.6. The molecule has 24 heavy (non-hydrogen) atoms. The first kappa shape index (κ1) is 16.4. The summed E-state index contributed by atoms with van der Waals surface area (Å²) in [6.07, 6.45) is 1.59. The highest BCUT2D eigenvalue weighted by molar-refractivity contribution is 7.19. The number of nitrogens with one attached hydrogen (secondary N) is 1. The van der Waals surface area contributed by atoms with Crippen LogP contribution in [0.1, 0.15) is 22.2 Å². The first-order valence-electron chi connectivity index (χ1n) is 7.54. The van der Waals surface area contributed by atoms with Crippen molar-refractivity contribution in [1.82, 2.24) is 9.88 Å². The molecule has 0 unspecified atom stereocenters. The van der Waals surface area contributed by atoms with Gasteiger partial charge in [-0.25, -0.2) is 0 Å². The summed E-state index contributed by atoms with van der Waals surface area (Å²) in [4.78, 5) is 25.0. The van der Waals surface area contributed by atoms with Crippen LogP contribution in [0.15, 0.2) is 53.5 Å². The number of amides is 1. The number of fused-ring (bicyclic) bond motifs is 1. The van der Waals surface area contributed by atoms with Gasteiger partial charge in [0, 0.05) is 22.8 Å². The average molecular weight is 342 g/mol. The summed E-state index contributed by atoms with van der Waals surface area (Å²) in [6.45, 7) is 1.68. The number of aromatic nitrogens is 1. The van der Waals surface area contributed by atoms with E-state index < -0.39 is 11.5 Å². The minimum absolute atomic E-state index is 0.0245. The van der Waals surface area contributed by atoms with Gasteiger partial charge in [0.05, 0.1) is 6.54 Å². The van der Waals surface area contributed by atoms with E-state index in [4.69, 9.17) is 0 Å². The standard InChI is InChI=1S/C18H18N2O3S/c1-18(23,15-10-12-6-3-4-8-14(12)24-15)11-19-16(21)13-7-5-9-20(2)17(13)22/h3-10,23H,11H2,1-2H3,(H,19,21)/t18-/m0/s1. The molecule has 2 aromatic heterocycles. The number of rotatable bonds is 4. The SMILES string of the molecule is Cn1cccc(C(=O)NC[C@](C)(O)c2cc3ccccc3s2)c1=O. The molecular weight excluding hydrogens is 324 g/mol. The number of hydrogen-bond donors (Lipinski definition) is 2. The predicted molar refractivity (Wildman–Crippen MR) is 95.4 cm³/mol. The van der Waals surface area contributed by atoms with Gasteiger partial charge in [0.25, 0.3) is 11.5 Å². The summed E-state index contributed by atoms with van der Waals surface area (Å²) in [5.41, 5.74) is -1.51. The molecular formula is C18H18N2O3S. The fraction of sp³-hybridized carbons (Fsp3) is 0.222. The Morgan fingerprint density at radius 3 is 2.79 bits per heavy atom. The lowest BCUT2D eigenvalue weighted by atomic mass is 10.0. The van der Waals surface area contributed by atoms with Crippen LogP contribution in [-0.2, 0) is 12.6 Å². The molecule has 0 saturated heterocycles. The Balaban J connectivity index is 1.78. The summed E-state index contributed by atoms with van der Waals surface area (Å²) < 4.78 is 2.43. The molecule has 0 bridgehead atoms. The molecule has 5 nitrogen and oxygen atoms in total. The number of hydrogen-bond acceptors (Lipinski definition) is 4. The second-order valence-corrected chi connectivity index (χ2v) is 7.03. The number of carbonyl (C=O) groups excluding carboxylic acids is 1. The maximum atomic E-state index is 12.2. The Labute approximate surface area is 143 Å². The van der Waals surface area contributed by atoms with Crippen LogP contribution in [0.5, 0.6) is 0 Å². The molecule has 0 spiro atoms. The van der Waals surface area contributed by atoms with E-state index in [1.165, 1.54) is 22.0 Å². The number of aliphatic hydroxyl groups is 1. The van der Waals surface area contributed by atoms with Gasteiger partial charge in [-0.2, -0.15) is 0 Å². The fourth-order valence-corrected chi connectivity index (χ4v) is 3.56. The van der Waals surface area contributed by atoms with Crippen LogP contribution < -0.4 is 10.9 Å². The van der Waals surface area contributed by atoms with Crippen LogP contribution in [0.4, 0.5) is 0 Å². The molecule has 2 N–H and O–H groups in total. The molecule has 124 valence electrons. The lowest BCUT2D eigenvalue weighted by Gasteiger charge is -2.22. The summed E-state index contributed by atoms with van der Waals surface area (Å²) in [6, 6.07) is 12.9. The van der Waals surface area contributed by atoms with Gasteiger partial charge >= 0.3 is 0 Å². The topological polar surface area (TPSA) is 71.3 Å². The maximum Gasteiger partial charge on any atom is 0.263 e. The van der Waals surface area contributed by atoms with E-state index in [0.29, 0.717) is 0 Å². The van der Waals surface area contributed by atoms with E-state index in [2.05, 4.69) is 5.32 Å². The fourth-order valence-electron chi connectivity index (χ4n) is 2.45. The van der Waals surface area contributed by atoms with Gasteiger partial charge in [-0.1, -0.05) is 18.2 Å². The molecule has 0 aliphatic carbocycles. The molecule has 2 heterocycles. The van der Waals surface area contributed by atoms with E-state index in [1.807, 2.05) is 30.3 Å². The number of carbonyl (C=O) groups is 1.